The molecule has 0 radical (unpaired) electrons. The van der Waals surface area contributed by atoms with Gasteiger partial charge < -0.3 is 14.8 Å². The van der Waals surface area contributed by atoms with Gasteiger partial charge in [0.2, 0.25) is 0 Å². The van der Waals surface area contributed by atoms with Crippen LogP contribution in [0.4, 0.5) is 5.00 Å². The highest BCUT2D eigenvalue weighted by atomic mass is 35.5. The van der Waals surface area contributed by atoms with Crippen LogP contribution in [0.2, 0.25) is 15.1 Å². The third-order valence-electron chi connectivity index (χ3n) is 4.39. The van der Waals surface area contributed by atoms with E-state index in [-0.39, 0.29) is 17.2 Å². The molecule has 6 nitrogen and oxygen atoms in total. The minimum absolute atomic E-state index is 0.170. The highest BCUT2D eigenvalue weighted by Crippen LogP contribution is 2.36. The van der Waals surface area contributed by atoms with Gasteiger partial charge in [-0.3, -0.25) is 4.79 Å². The number of hydrogen-bond acceptors (Lipinski definition) is 6. The zero-order valence-corrected chi connectivity index (χ0v) is 20.9. The lowest BCUT2D eigenvalue weighted by atomic mass is 10.0. The Morgan fingerprint density at radius 2 is 1.71 bits per heavy atom. The highest BCUT2D eigenvalue weighted by molar-refractivity contribution is 7.15. The maximum Gasteiger partial charge on any atom is 0.341 e. The fourth-order valence-electron chi connectivity index (χ4n) is 2.84. The molecule has 34 heavy (non-hydrogen) atoms. The summed E-state index contributed by atoms with van der Waals surface area (Å²) < 4.78 is 10.1. The molecule has 0 aliphatic heterocycles. The Hall–Kier alpha value is -2.84. The molecule has 2 aromatic carbocycles. The number of nitrogens with one attached hydrogen (secondary N) is 1. The summed E-state index contributed by atoms with van der Waals surface area (Å²) in [6, 6.07) is 11.7. The van der Waals surface area contributed by atoms with Crippen LogP contribution in [0, 0.1) is 0 Å². The standard InChI is InChI=1S/C24H18Cl3NO5S/c1-2-32-24(31)22-18(14-3-7-16(25)8-4-14)13-34-23(22)28-20(29)12-33-21(30)10-6-15-5-9-17(26)11-19(15)27/h3-11,13H,2,12H2,1H3,(H,28,29)/b10-6+. The molecule has 0 saturated carbocycles. The fourth-order valence-corrected chi connectivity index (χ4v) is 4.41. The highest BCUT2D eigenvalue weighted by Gasteiger charge is 2.23. The summed E-state index contributed by atoms with van der Waals surface area (Å²) in [6.07, 6.45) is 2.60. The van der Waals surface area contributed by atoms with Crippen molar-refractivity contribution in [3.05, 3.63) is 80.1 Å². The molecule has 0 saturated heterocycles. The lowest BCUT2D eigenvalue weighted by Crippen LogP contribution is -2.21. The van der Waals surface area contributed by atoms with Crippen molar-refractivity contribution in [2.75, 3.05) is 18.5 Å². The number of hydrogen-bond donors (Lipinski definition) is 1. The minimum Gasteiger partial charge on any atom is -0.462 e. The Balaban J connectivity index is 1.68. The van der Waals surface area contributed by atoms with Crippen molar-refractivity contribution in [3.8, 4) is 11.1 Å². The summed E-state index contributed by atoms with van der Waals surface area (Å²) in [6.45, 7) is 1.31. The topological polar surface area (TPSA) is 81.7 Å². The first kappa shape index (κ1) is 25.8. The van der Waals surface area contributed by atoms with Crippen molar-refractivity contribution in [1.82, 2.24) is 0 Å². The SMILES string of the molecule is CCOC(=O)c1c(-c2ccc(Cl)cc2)csc1NC(=O)COC(=O)/C=C/c1ccc(Cl)cc1Cl. The molecule has 1 N–H and O–H groups in total. The summed E-state index contributed by atoms with van der Waals surface area (Å²) in [5.41, 5.74) is 2.11. The summed E-state index contributed by atoms with van der Waals surface area (Å²) >= 11 is 19.0. The van der Waals surface area contributed by atoms with Crippen molar-refractivity contribution in [3.63, 3.8) is 0 Å². The molecular weight excluding hydrogens is 521 g/mol. The molecule has 3 aromatic rings. The number of ether oxygens (including phenoxy) is 2. The second kappa shape index (κ2) is 12.0. The Morgan fingerprint density at radius 1 is 1.00 bits per heavy atom. The van der Waals surface area contributed by atoms with Crippen molar-refractivity contribution >= 4 is 75.1 Å². The second-order valence-electron chi connectivity index (χ2n) is 6.74. The van der Waals surface area contributed by atoms with E-state index in [4.69, 9.17) is 44.3 Å². The largest absolute Gasteiger partial charge is 0.462 e. The van der Waals surface area contributed by atoms with E-state index in [0.717, 1.165) is 23.0 Å². The molecule has 0 bridgehead atoms. The molecule has 0 aliphatic rings. The van der Waals surface area contributed by atoms with E-state index >= 15 is 0 Å². The quantitative estimate of drug-likeness (QED) is 0.253. The Kier molecular flexibility index (Phi) is 9.12. The minimum atomic E-state index is -0.736. The first-order valence-corrected chi connectivity index (χ1v) is 11.9. The summed E-state index contributed by atoms with van der Waals surface area (Å²) in [5, 5.41) is 6.02. The molecule has 0 aliphatic carbocycles. The van der Waals surface area contributed by atoms with Crippen molar-refractivity contribution in [1.29, 1.82) is 0 Å². The zero-order chi connectivity index (χ0) is 24.7. The third-order valence-corrected chi connectivity index (χ3v) is 6.10. The molecule has 1 aromatic heterocycles. The lowest BCUT2D eigenvalue weighted by molar-refractivity contribution is -0.142. The molecule has 1 amide bonds. The molecule has 0 atom stereocenters. The molecule has 3 rings (SSSR count). The van der Waals surface area contributed by atoms with Crippen molar-refractivity contribution in [2.24, 2.45) is 0 Å². The molecule has 0 unspecified atom stereocenters. The van der Waals surface area contributed by atoms with Gasteiger partial charge in [0.25, 0.3) is 5.91 Å². The summed E-state index contributed by atoms with van der Waals surface area (Å²) in [4.78, 5) is 37.0. The van der Waals surface area contributed by atoms with Gasteiger partial charge in [0.15, 0.2) is 6.61 Å². The van der Waals surface area contributed by atoms with Gasteiger partial charge in [-0.2, -0.15) is 0 Å². The van der Waals surface area contributed by atoms with E-state index in [1.165, 1.54) is 6.08 Å². The maximum absolute atomic E-state index is 12.6. The van der Waals surface area contributed by atoms with Gasteiger partial charge in [-0.1, -0.05) is 53.0 Å². The number of benzene rings is 2. The molecule has 1 heterocycles. The lowest BCUT2D eigenvalue weighted by Gasteiger charge is -2.09. The number of anilines is 1. The van der Waals surface area contributed by atoms with Crippen LogP contribution in [0.15, 0.2) is 53.9 Å². The predicted octanol–water partition coefficient (Wildman–Crippen LogP) is 6.75. The molecule has 176 valence electrons. The van der Waals surface area contributed by atoms with Gasteiger partial charge in [0.1, 0.15) is 10.6 Å². The van der Waals surface area contributed by atoms with Crippen LogP contribution in [0.25, 0.3) is 17.2 Å². The van der Waals surface area contributed by atoms with E-state index in [0.29, 0.717) is 26.2 Å². The van der Waals surface area contributed by atoms with Crippen LogP contribution in [0.3, 0.4) is 0 Å². The number of rotatable bonds is 8. The van der Waals surface area contributed by atoms with Gasteiger partial charge >= 0.3 is 11.9 Å². The molecule has 0 spiro atoms. The first-order chi connectivity index (χ1) is 16.3. The van der Waals surface area contributed by atoms with Gasteiger partial charge in [0.05, 0.1) is 6.61 Å². The van der Waals surface area contributed by atoms with Crippen LogP contribution < -0.4 is 5.32 Å². The van der Waals surface area contributed by atoms with Crippen molar-refractivity contribution < 1.29 is 23.9 Å². The zero-order valence-electron chi connectivity index (χ0n) is 17.8. The van der Waals surface area contributed by atoms with Crippen LogP contribution >= 0.6 is 46.1 Å². The van der Waals surface area contributed by atoms with Crippen LogP contribution in [0.1, 0.15) is 22.8 Å². The Labute approximate surface area is 215 Å². The first-order valence-electron chi connectivity index (χ1n) is 9.92. The second-order valence-corrected chi connectivity index (χ2v) is 8.90. The smallest absolute Gasteiger partial charge is 0.341 e. The van der Waals surface area contributed by atoms with Crippen LogP contribution in [-0.2, 0) is 19.1 Å². The van der Waals surface area contributed by atoms with E-state index < -0.39 is 24.5 Å². The van der Waals surface area contributed by atoms with Crippen LogP contribution in [-0.4, -0.2) is 31.1 Å². The Bertz CT molecular complexity index is 1240. The summed E-state index contributed by atoms with van der Waals surface area (Å²) in [7, 11) is 0. The number of halogens is 3. The fraction of sp³-hybridized carbons (Fsp3) is 0.125. The average Bonchev–Trinajstić information content (AvgIpc) is 3.21. The maximum atomic E-state index is 12.6. The van der Waals surface area contributed by atoms with Gasteiger partial charge in [-0.05, 0) is 48.4 Å². The van der Waals surface area contributed by atoms with E-state index in [1.807, 2.05) is 0 Å². The van der Waals surface area contributed by atoms with Gasteiger partial charge in [0, 0.05) is 32.1 Å². The number of esters is 2. The van der Waals surface area contributed by atoms with E-state index in [2.05, 4.69) is 5.32 Å². The van der Waals surface area contributed by atoms with Gasteiger partial charge in [-0.25, -0.2) is 9.59 Å². The molecular formula is C24H18Cl3NO5S. The summed E-state index contributed by atoms with van der Waals surface area (Å²) in [5.74, 6) is -1.93. The van der Waals surface area contributed by atoms with Crippen molar-refractivity contribution in [2.45, 2.75) is 6.92 Å². The normalized spacial score (nSPS) is 10.8. The number of carbonyl (C=O) groups is 3. The monoisotopic (exact) mass is 537 g/mol. The third kappa shape index (κ3) is 6.84. The number of carbonyl (C=O) groups excluding carboxylic acids is 3. The van der Waals surface area contributed by atoms with E-state index in [9.17, 15) is 14.4 Å². The van der Waals surface area contributed by atoms with Crippen LogP contribution in [0.5, 0.6) is 0 Å². The number of amides is 1. The Morgan fingerprint density at radius 3 is 2.38 bits per heavy atom. The predicted molar refractivity (Wildman–Crippen MR) is 136 cm³/mol. The molecule has 0 fully saturated rings. The number of thiophene rings is 1. The average molecular weight is 539 g/mol. The van der Waals surface area contributed by atoms with Gasteiger partial charge in [-0.15, -0.1) is 11.3 Å². The molecule has 10 heteroatoms. The van der Waals surface area contributed by atoms with E-state index in [1.54, 1.807) is 54.8 Å².